The fourth-order valence-corrected chi connectivity index (χ4v) is 1.65. The molecule has 0 saturated carbocycles. The number of fused-ring (bicyclic) bond motifs is 1. The van der Waals surface area contributed by atoms with Crippen molar-refractivity contribution >= 4 is 11.0 Å². The first kappa shape index (κ1) is 10.2. The zero-order chi connectivity index (χ0) is 11.1. The topological polar surface area (TPSA) is 52.0 Å². The van der Waals surface area contributed by atoms with Crippen molar-refractivity contribution in [3.05, 3.63) is 29.5 Å². The zero-order valence-electron chi connectivity index (χ0n) is 9.37. The number of nitrogens with zero attached hydrogens (tertiary/aromatic N) is 1. The first-order valence-corrected chi connectivity index (χ1v) is 5.11. The van der Waals surface area contributed by atoms with Crippen molar-refractivity contribution in [2.24, 2.45) is 5.73 Å². The van der Waals surface area contributed by atoms with Gasteiger partial charge >= 0.3 is 0 Å². The van der Waals surface area contributed by atoms with Crippen LogP contribution in [0, 0.1) is 0 Å². The number of aromatic nitrogens is 1. The zero-order valence-corrected chi connectivity index (χ0v) is 9.37. The van der Waals surface area contributed by atoms with Crippen molar-refractivity contribution in [1.82, 2.24) is 5.16 Å². The molecule has 0 fully saturated rings. The van der Waals surface area contributed by atoms with Gasteiger partial charge in [0, 0.05) is 17.3 Å². The summed E-state index contributed by atoms with van der Waals surface area (Å²) in [5, 5.41) is 5.20. The van der Waals surface area contributed by atoms with Gasteiger partial charge in [-0.1, -0.05) is 32.0 Å². The molecule has 0 bridgehead atoms. The van der Waals surface area contributed by atoms with Crippen LogP contribution in [-0.4, -0.2) is 5.16 Å². The average molecular weight is 204 g/mol. The van der Waals surface area contributed by atoms with Crippen molar-refractivity contribution in [3.8, 4) is 0 Å². The van der Waals surface area contributed by atoms with Gasteiger partial charge in [0.2, 0.25) is 0 Å². The number of benzene rings is 1. The van der Waals surface area contributed by atoms with E-state index >= 15 is 0 Å². The lowest BCUT2D eigenvalue weighted by Crippen LogP contribution is -2.11. The Morgan fingerprint density at radius 2 is 2.07 bits per heavy atom. The Morgan fingerprint density at radius 3 is 2.67 bits per heavy atom. The summed E-state index contributed by atoms with van der Waals surface area (Å²) in [4.78, 5) is 0. The van der Waals surface area contributed by atoms with E-state index in [4.69, 9.17) is 10.3 Å². The molecular weight excluding hydrogens is 188 g/mol. The SMILES string of the molecule is CC(C)(C)c1noc2ccc(CN)cc12. The van der Waals surface area contributed by atoms with E-state index in [1.165, 1.54) is 0 Å². The lowest BCUT2D eigenvalue weighted by atomic mass is 9.89. The van der Waals surface area contributed by atoms with Crippen molar-refractivity contribution in [2.45, 2.75) is 32.7 Å². The molecule has 1 aromatic carbocycles. The molecule has 2 aromatic rings. The minimum atomic E-state index is -0.00152. The van der Waals surface area contributed by atoms with Crippen molar-refractivity contribution in [3.63, 3.8) is 0 Å². The van der Waals surface area contributed by atoms with Crippen LogP contribution in [0.4, 0.5) is 0 Å². The highest BCUT2D eigenvalue weighted by Gasteiger charge is 2.21. The van der Waals surface area contributed by atoms with Crippen LogP contribution in [0.5, 0.6) is 0 Å². The largest absolute Gasteiger partial charge is 0.356 e. The molecule has 1 aromatic heterocycles. The first-order chi connectivity index (χ1) is 7.02. The predicted octanol–water partition coefficient (Wildman–Crippen LogP) is 2.58. The van der Waals surface area contributed by atoms with Crippen LogP contribution in [0.25, 0.3) is 11.0 Å². The van der Waals surface area contributed by atoms with Gasteiger partial charge in [-0.25, -0.2) is 0 Å². The summed E-state index contributed by atoms with van der Waals surface area (Å²) >= 11 is 0. The van der Waals surface area contributed by atoms with E-state index in [-0.39, 0.29) is 5.41 Å². The Labute approximate surface area is 89.2 Å². The Bertz CT molecular complexity index is 480. The van der Waals surface area contributed by atoms with Gasteiger partial charge in [0.05, 0.1) is 5.69 Å². The summed E-state index contributed by atoms with van der Waals surface area (Å²) in [6.07, 6.45) is 0. The van der Waals surface area contributed by atoms with Crippen molar-refractivity contribution in [1.29, 1.82) is 0 Å². The maximum Gasteiger partial charge on any atom is 0.167 e. The third-order valence-electron chi connectivity index (χ3n) is 2.48. The van der Waals surface area contributed by atoms with E-state index in [0.717, 1.165) is 22.2 Å². The van der Waals surface area contributed by atoms with E-state index in [1.54, 1.807) is 0 Å². The lowest BCUT2D eigenvalue weighted by molar-refractivity contribution is 0.419. The molecule has 0 amide bonds. The molecule has 0 unspecified atom stereocenters. The fourth-order valence-electron chi connectivity index (χ4n) is 1.65. The molecule has 3 nitrogen and oxygen atoms in total. The molecular formula is C12H16N2O. The number of nitrogens with two attached hydrogens (primary N) is 1. The lowest BCUT2D eigenvalue weighted by Gasteiger charge is -2.14. The second kappa shape index (κ2) is 3.35. The molecule has 0 spiro atoms. The van der Waals surface area contributed by atoms with Gasteiger partial charge in [0.25, 0.3) is 0 Å². The maximum atomic E-state index is 5.62. The summed E-state index contributed by atoms with van der Waals surface area (Å²) in [6.45, 7) is 6.92. The van der Waals surface area contributed by atoms with E-state index in [2.05, 4.69) is 32.0 Å². The molecule has 3 heteroatoms. The molecule has 1 heterocycles. The Kier molecular flexibility index (Phi) is 2.27. The standard InChI is InChI=1S/C12H16N2O/c1-12(2,3)11-9-6-8(7-13)4-5-10(9)15-14-11/h4-6H,7,13H2,1-3H3. The molecule has 80 valence electrons. The van der Waals surface area contributed by atoms with Gasteiger partial charge in [-0.3, -0.25) is 0 Å². The van der Waals surface area contributed by atoms with Gasteiger partial charge in [-0.2, -0.15) is 0 Å². The first-order valence-electron chi connectivity index (χ1n) is 5.11. The van der Waals surface area contributed by atoms with Crippen molar-refractivity contribution < 1.29 is 4.52 Å². The quantitative estimate of drug-likeness (QED) is 0.776. The summed E-state index contributed by atoms with van der Waals surface area (Å²) in [5.74, 6) is 0. The highest BCUT2D eigenvalue weighted by Crippen LogP contribution is 2.29. The summed E-state index contributed by atoms with van der Waals surface area (Å²) in [7, 11) is 0. The van der Waals surface area contributed by atoms with E-state index in [1.807, 2.05) is 12.1 Å². The van der Waals surface area contributed by atoms with Crippen LogP contribution in [0.2, 0.25) is 0 Å². The minimum Gasteiger partial charge on any atom is -0.356 e. The van der Waals surface area contributed by atoms with Crippen LogP contribution < -0.4 is 5.73 Å². The average Bonchev–Trinajstić information content (AvgIpc) is 2.59. The molecule has 0 aliphatic carbocycles. The highest BCUT2D eigenvalue weighted by molar-refractivity contribution is 5.81. The minimum absolute atomic E-state index is 0.00152. The molecule has 0 saturated heterocycles. The van der Waals surface area contributed by atoms with Gasteiger partial charge in [0.1, 0.15) is 0 Å². The monoisotopic (exact) mass is 204 g/mol. The Balaban J connectivity index is 2.67. The number of hydrogen-bond acceptors (Lipinski definition) is 3. The smallest absolute Gasteiger partial charge is 0.167 e. The Hall–Kier alpha value is -1.35. The van der Waals surface area contributed by atoms with Crippen molar-refractivity contribution in [2.75, 3.05) is 0 Å². The van der Waals surface area contributed by atoms with Gasteiger partial charge in [-0.15, -0.1) is 0 Å². The third kappa shape index (κ3) is 1.75. The van der Waals surface area contributed by atoms with Crippen LogP contribution in [0.3, 0.4) is 0 Å². The number of hydrogen-bond donors (Lipinski definition) is 1. The molecule has 2 rings (SSSR count). The second-order valence-electron chi connectivity index (χ2n) is 4.82. The molecule has 2 N–H and O–H groups in total. The molecule has 0 radical (unpaired) electrons. The van der Waals surface area contributed by atoms with Crippen LogP contribution in [0.15, 0.2) is 22.7 Å². The molecule has 0 aliphatic rings. The fraction of sp³-hybridized carbons (Fsp3) is 0.417. The third-order valence-corrected chi connectivity index (χ3v) is 2.48. The second-order valence-corrected chi connectivity index (χ2v) is 4.82. The van der Waals surface area contributed by atoms with Gasteiger partial charge in [0.15, 0.2) is 5.58 Å². The van der Waals surface area contributed by atoms with E-state index < -0.39 is 0 Å². The highest BCUT2D eigenvalue weighted by atomic mass is 16.5. The van der Waals surface area contributed by atoms with Gasteiger partial charge < -0.3 is 10.3 Å². The Morgan fingerprint density at radius 1 is 1.33 bits per heavy atom. The summed E-state index contributed by atoms with van der Waals surface area (Å²) in [6, 6.07) is 5.96. The summed E-state index contributed by atoms with van der Waals surface area (Å²) < 4.78 is 5.28. The molecule has 15 heavy (non-hydrogen) atoms. The summed E-state index contributed by atoms with van der Waals surface area (Å²) in [5.41, 5.74) is 8.55. The maximum absolute atomic E-state index is 5.62. The normalized spacial score (nSPS) is 12.3. The number of rotatable bonds is 1. The van der Waals surface area contributed by atoms with Gasteiger partial charge in [-0.05, 0) is 17.7 Å². The van der Waals surface area contributed by atoms with Crippen LogP contribution >= 0.6 is 0 Å². The van der Waals surface area contributed by atoms with Crippen LogP contribution in [0.1, 0.15) is 32.0 Å². The van der Waals surface area contributed by atoms with Crippen LogP contribution in [-0.2, 0) is 12.0 Å². The molecule has 0 aliphatic heterocycles. The molecule has 0 atom stereocenters. The van der Waals surface area contributed by atoms with E-state index in [9.17, 15) is 0 Å². The predicted molar refractivity (Wildman–Crippen MR) is 60.6 cm³/mol. The van der Waals surface area contributed by atoms with E-state index in [0.29, 0.717) is 6.54 Å².